The lowest BCUT2D eigenvalue weighted by molar-refractivity contribution is -0.143. The molecule has 2 amide bonds. The zero-order valence-electron chi connectivity index (χ0n) is 27.2. The van der Waals surface area contributed by atoms with E-state index < -0.39 is 0 Å². The summed E-state index contributed by atoms with van der Waals surface area (Å²) in [4.78, 5) is 30.3. The van der Waals surface area contributed by atoms with E-state index in [1.165, 1.54) is 19.3 Å². The predicted molar refractivity (Wildman–Crippen MR) is 159 cm³/mol. The van der Waals surface area contributed by atoms with E-state index in [0.29, 0.717) is 71.5 Å². The standard InChI is InChI=1S/C17H33NO.C16H31NO/c1-8-13(6)16(12(4)5)17(19)18-14(7)9-10-15(18)11(2)3;1-10(2)14-9-8-13(7)17(14)16(18)15(11(3)4)12(5)6/h11-16H,8-10H2,1-7H3;10-15H,8-9H2,1-7H3/t13?,14?,15-,16?;13?,14-/m00/s1. The minimum atomic E-state index is 0.173. The Balaban J connectivity index is 0.000000371. The van der Waals surface area contributed by atoms with E-state index in [4.69, 9.17) is 0 Å². The maximum atomic E-state index is 13.0. The molecule has 4 unspecified atom stereocenters. The summed E-state index contributed by atoms with van der Waals surface area (Å²) < 4.78 is 0. The Hall–Kier alpha value is -1.06. The van der Waals surface area contributed by atoms with Crippen LogP contribution < -0.4 is 0 Å². The van der Waals surface area contributed by atoms with Gasteiger partial charge in [-0.25, -0.2) is 0 Å². The first-order valence-electron chi connectivity index (χ1n) is 15.7. The first-order chi connectivity index (χ1) is 17.1. The molecule has 0 aromatic heterocycles. The molecule has 0 radical (unpaired) electrons. The van der Waals surface area contributed by atoms with Crippen molar-refractivity contribution in [3.05, 3.63) is 0 Å². The van der Waals surface area contributed by atoms with Gasteiger partial charge < -0.3 is 9.80 Å². The van der Waals surface area contributed by atoms with E-state index in [-0.39, 0.29) is 11.8 Å². The number of hydrogen-bond donors (Lipinski definition) is 0. The second-order valence-electron chi connectivity index (χ2n) is 14.1. The highest BCUT2D eigenvalue weighted by Crippen LogP contribution is 2.35. The maximum absolute atomic E-state index is 13.0. The summed E-state index contributed by atoms with van der Waals surface area (Å²) in [5.41, 5.74) is 0. The quantitative estimate of drug-likeness (QED) is 0.307. The molecular formula is C33H64N2O2. The molecule has 37 heavy (non-hydrogen) atoms. The summed E-state index contributed by atoms with van der Waals surface area (Å²) in [5, 5.41) is 0. The fourth-order valence-electron chi connectivity index (χ4n) is 7.23. The summed E-state index contributed by atoms with van der Waals surface area (Å²) in [5.74, 6) is 4.07. The van der Waals surface area contributed by atoms with E-state index in [1.807, 2.05) is 0 Å². The van der Waals surface area contributed by atoms with E-state index in [1.54, 1.807) is 0 Å². The van der Waals surface area contributed by atoms with Gasteiger partial charge in [-0.3, -0.25) is 9.59 Å². The molecule has 4 heteroatoms. The van der Waals surface area contributed by atoms with Gasteiger partial charge in [0.15, 0.2) is 0 Å². The molecule has 4 nitrogen and oxygen atoms in total. The normalized spacial score (nSPS) is 26.1. The largest absolute Gasteiger partial charge is 0.336 e. The van der Waals surface area contributed by atoms with Crippen LogP contribution in [0.2, 0.25) is 0 Å². The number of hydrogen-bond acceptors (Lipinski definition) is 2. The van der Waals surface area contributed by atoms with Crippen LogP contribution in [0.3, 0.4) is 0 Å². The molecule has 218 valence electrons. The highest BCUT2D eigenvalue weighted by Gasteiger charge is 2.41. The van der Waals surface area contributed by atoms with E-state index in [2.05, 4.69) is 107 Å². The van der Waals surface area contributed by atoms with E-state index in [9.17, 15) is 9.59 Å². The Morgan fingerprint density at radius 3 is 1.19 bits per heavy atom. The molecule has 2 saturated heterocycles. The van der Waals surface area contributed by atoms with Crippen molar-refractivity contribution in [2.45, 2.75) is 153 Å². The molecule has 0 bridgehead atoms. The van der Waals surface area contributed by atoms with Crippen LogP contribution in [-0.4, -0.2) is 45.8 Å². The summed E-state index contributed by atoms with van der Waals surface area (Å²) in [6, 6.07) is 1.75. The number of amides is 2. The van der Waals surface area contributed by atoms with Gasteiger partial charge in [-0.2, -0.15) is 0 Å². The third-order valence-electron chi connectivity index (χ3n) is 9.45. The Kier molecular flexibility index (Phi) is 13.7. The second kappa shape index (κ2) is 14.9. The number of carbonyl (C=O) groups excluding carboxylic acids is 2. The first kappa shape index (κ1) is 34.0. The lowest BCUT2D eigenvalue weighted by Crippen LogP contribution is -2.48. The maximum Gasteiger partial charge on any atom is 0.226 e. The van der Waals surface area contributed by atoms with Crippen LogP contribution in [0, 0.1) is 47.3 Å². The fourth-order valence-corrected chi connectivity index (χ4v) is 7.23. The van der Waals surface area contributed by atoms with E-state index >= 15 is 0 Å². The summed E-state index contributed by atoms with van der Waals surface area (Å²) >= 11 is 0. The third-order valence-corrected chi connectivity index (χ3v) is 9.45. The van der Waals surface area contributed by atoms with Gasteiger partial charge in [-0.1, -0.05) is 89.5 Å². The van der Waals surface area contributed by atoms with Crippen LogP contribution in [0.4, 0.5) is 0 Å². The predicted octanol–water partition coefficient (Wildman–Crippen LogP) is 8.29. The minimum Gasteiger partial charge on any atom is -0.336 e. The van der Waals surface area contributed by atoms with Gasteiger partial charge in [0.1, 0.15) is 0 Å². The van der Waals surface area contributed by atoms with Crippen LogP contribution >= 0.6 is 0 Å². The van der Waals surface area contributed by atoms with Crippen molar-refractivity contribution in [1.29, 1.82) is 0 Å². The number of rotatable bonds is 9. The minimum absolute atomic E-state index is 0.173. The third kappa shape index (κ3) is 8.46. The topological polar surface area (TPSA) is 40.6 Å². The molecular weight excluding hydrogens is 456 g/mol. The SMILES string of the molecule is CC(C)C(C(=O)N1C(C)CC[C@H]1C(C)C)C(C)C.CCC(C)C(C(=O)N1C(C)CC[C@H]1C(C)C)C(C)C. The van der Waals surface area contributed by atoms with Gasteiger partial charge in [0.25, 0.3) is 0 Å². The highest BCUT2D eigenvalue weighted by atomic mass is 16.2. The molecule has 0 spiro atoms. The Morgan fingerprint density at radius 1 is 0.595 bits per heavy atom. The van der Waals surface area contributed by atoms with Crippen molar-refractivity contribution < 1.29 is 9.59 Å². The van der Waals surface area contributed by atoms with Crippen LogP contribution in [0.5, 0.6) is 0 Å². The average molecular weight is 521 g/mol. The molecule has 0 saturated carbocycles. The van der Waals surface area contributed by atoms with Crippen molar-refractivity contribution in [2.24, 2.45) is 47.3 Å². The molecule has 0 aromatic rings. The summed E-state index contributed by atoms with van der Waals surface area (Å²) in [6.07, 6.45) is 5.77. The zero-order valence-corrected chi connectivity index (χ0v) is 27.2. The van der Waals surface area contributed by atoms with Crippen molar-refractivity contribution in [3.63, 3.8) is 0 Å². The van der Waals surface area contributed by atoms with Crippen molar-refractivity contribution in [2.75, 3.05) is 0 Å². The van der Waals surface area contributed by atoms with Gasteiger partial charge in [-0.15, -0.1) is 0 Å². The molecule has 0 aliphatic carbocycles. The molecule has 2 rings (SSSR count). The molecule has 6 atom stereocenters. The van der Waals surface area contributed by atoms with Crippen molar-refractivity contribution in [3.8, 4) is 0 Å². The summed E-state index contributed by atoms with van der Waals surface area (Å²) in [6.45, 7) is 30.9. The number of likely N-dealkylation sites (tertiary alicyclic amines) is 2. The van der Waals surface area contributed by atoms with E-state index in [0.717, 1.165) is 12.8 Å². The van der Waals surface area contributed by atoms with Crippen molar-refractivity contribution >= 4 is 11.8 Å². The lowest BCUT2D eigenvalue weighted by Gasteiger charge is -2.37. The number of nitrogens with zero attached hydrogens (tertiary/aromatic N) is 2. The van der Waals surface area contributed by atoms with Crippen molar-refractivity contribution in [1.82, 2.24) is 9.80 Å². The number of carbonyl (C=O) groups is 2. The molecule has 2 heterocycles. The van der Waals surface area contributed by atoms with Crippen LogP contribution in [-0.2, 0) is 9.59 Å². The Labute approximate surface area is 231 Å². The smallest absolute Gasteiger partial charge is 0.226 e. The molecule has 0 N–H and O–H groups in total. The van der Waals surface area contributed by atoms with Gasteiger partial charge >= 0.3 is 0 Å². The lowest BCUT2D eigenvalue weighted by atomic mass is 9.81. The van der Waals surface area contributed by atoms with Crippen LogP contribution in [0.1, 0.15) is 129 Å². The molecule has 2 aliphatic heterocycles. The highest BCUT2D eigenvalue weighted by molar-refractivity contribution is 5.81. The van der Waals surface area contributed by atoms with Gasteiger partial charge in [0.2, 0.25) is 11.8 Å². The molecule has 0 aromatic carbocycles. The Morgan fingerprint density at radius 2 is 0.919 bits per heavy atom. The summed E-state index contributed by atoms with van der Waals surface area (Å²) in [7, 11) is 0. The fraction of sp³-hybridized carbons (Fsp3) is 0.939. The van der Waals surface area contributed by atoms with Crippen LogP contribution in [0.15, 0.2) is 0 Å². The zero-order chi connectivity index (χ0) is 28.8. The molecule has 2 aliphatic rings. The Bertz CT molecular complexity index is 690. The first-order valence-corrected chi connectivity index (χ1v) is 15.7. The molecule has 2 fully saturated rings. The van der Waals surface area contributed by atoms with Gasteiger partial charge in [-0.05, 0) is 75.0 Å². The average Bonchev–Trinajstić information content (AvgIpc) is 3.36. The van der Waals surface area contributed by atoms with Gasteiger partial charge in [0.05, 0.1) is 0 Å². The van der Waals surface area contributed by atoms with Gasteiger partial charge in [0, 0.05) is 36.0 Å². The van der Waals surface area contributed by atoms with Crippen LogP contribution in [0.25, 0.3) is 0 Å². The monoisotopic (exact) mass is 520 g/mol. The second-order valence-corrected chi connectivity index (χ2v) is 14.1.